The highest BCUT2D eigenvalue weighted by Crippen LogP contribution is 2.87. The summed E-state index contributed by atoms with van der Waals surface area (Å²) >= 11 is 0. The number of rotatable bonds is 1. The van der Waals surface area contributed by atoms with Gasteiger partial charge in [0.15, 0.2) is 0 Å². The van der Waals surface area contributed by atoms with Gasteiger partial charge in [0.1, 0.15) is 0 Å². The van der Waals surface area contributed by atoms with E-state index in [1.165, 1.54) is 5.56 Å². The minimum Gasteiger partial charge on any atom is -0.399 e. The van der Waals surface area contributed by atoms with Gasteiger partial charge >= 0.3 is 0 Å². The van der Waals surface area contributed by atoms with Crippen LogP contribution in [0.1, 0.15) is 33.9 Å². The van der Waals surface area contributed by atoms with Gasteiger partial charge in [-0.15, -0.1) is 0 Å². The fraction of sp³-hybridized carbons (Fsp3) is 0.0725. The van der Waals surface area contributed by atoms with Crippen molar-refractivity contribution in [2.45, 2.75) is 16.9 Å². The van der Waals surface area contributed by atoms with Crippen molar-refractivity contribution in [1.82, 2.24) is 4.90 Å². The Hall–Kier alpha value is -8.56. The molecule has 1 heterocycles. The van der Waals surface area contributed by atoms with Gasteiger partial charge in [0.05, 0.1) is 10.8 Å². The molecule has 0 bridgehead atoms. The van der Waals surface area contributed by atoms with Crippen LogP contribution >= 0.6 is 0 Å². The van der Waals surface area contributed by atoms with Crippen molar-refractivity contribution < 1.29 is 0 Å². The van der Waals surface area contributed by atoms with Gasteiger partial charge in [-0.3, -0.25) is 4.90 Å². The number of hydrogen-bond donors (Lipinski definition) is 1. The summed E-state index contributed by atoms with van der Waals surface area (Å²) in [7, 11) is 2.55. The van der Waals surface area contributed by atoms with E-state index in [4.69, 9.17) is 5.73 Å². The molecule has 71 heavy (non-hydrogen) atoms. The molecule has 298 valence electrons. The van der Waals surface area contributed by atoms with Crippen LogP contribution in [0.2, 0.25) is 0 Å². The standard InChI is InChI=1S/C69H12N2/c1-71-6-68-63-55-47-37-27-19-11-9-10-13-17-15(11)23-31-25(17)35-29-21(13)22-14(10)18-16-12(9)20(19)28-34-24(16)32-26(18)36-30(22)40-39(29)51-45(35)53-43(31)49(41(47)33(23)27)57(63)59(53)65-61(51)62-52(40)46(36)54-44(32)50-42(34)48(38(28)37)56(55)64(68)58(50)60(54)66(62)69(65,68)67(71)7-2-4-8(70)5-3-7/h2-5,67H,6,70H2,1H3. The zero-order valence-electron chi connectivity index (χ0n) is 36.6. The van der Waals surface area contributed by atoms with E-state index in [0.29, 0.717) is 0 Å². The molecule has 1 fully saturated rings. The number of nitrogens with zero attached hydrogens (tertiary/aromatic N) is 1. The van der Waals surface area contributed by atoms with Gasteiger partial charge in [0, 0.05) is 18.3 Å². The van der Waals surface area contributed by atoms with Crippen LogP contribution in [0, 0.1) is 0 Å². The maximum absolute atomic E-state index is 6.72. The Morgan fingerprint density at radius 1 is 0.282 bits per heavy atom. The Balaban J connectivity index is 1.17. The summed E-state index contributed by atoms with van der Waals surface area (Å²) in [6.45, 7) is 1.03. The second-order valence-corrected chi connectivity index (χ2v) is 26.4. The quantitative estimate of drug-likeness (QED) is 0.132. The fourth-order valence-corrected chi connectivity index (χ4v) is 26.2. The summed E-state index contributed by atoms with van der Waals surface area (Å²) < 4.78 is 0. The average molecular weight is 869 g/mol. The van der Waals surface area contributed by atoms with Crippen molar-refractivity contribution in [3.63, 3.8) is 0 Å². The Bertz CT molecular complexity index is 7230. The summed E-state index contributed by atoms with van der Waals surface area (Å²) in [5, 5.41) is 89.9. The first-order valence-corrected chi connectivity index (χ1v) is 26.6. The molecular weight excluding hydrogens is 857 g/mol. The summed E-state index contributed by atoms with van der Waals surface area (Å²) in [6.07, 6.45) is 0. The van der Waals surface area contributed by atoms with E-state index in [1.807, 2.05) is 0 Å². The lowest BCUT2D eigenvalue weighted by molar-refractivity contribution is 0.271. The molecule has 1 atom stereocenters. The van der Waals surface area contributed by atoms with Gasteiger partial charge < -0.3 is 5.73 Å². The van der Waals surface area contributed by atoms with E-state index in [9.17, 15) is 0 Å². The largest absolute Gasteiger partial charge is 0.399 e. The molecule has 1 saturated heterocycles. The lowest BCUT2D eigenvalue weighted by Crippen LogP contribution is -2.51. The van der Waals surface area contributed by atoms with Gasteiger partial charge in [0.2, 0.25) is 0 Å². The van der Waals surface area contributed by atoms with Crippen LogP contribution in [0.4, 0.5) is 5.69 Å². The Morgan fingerprint density at radius 3 is 0.676 bits per heavy atom. The van der Waals surface area contributed by atoms with Crippen LogP contribution in [0.15, 0.2) is 24.3 Å². The van der Waals surface area contributed by atoms with Crippen molar-refractivity contribution in [2.24, 2.45) is 0 Å². The highest BCUT2D eigenvalue weighted by molar-refractivity contribution is 6.82. The molecule has 2 spiro atoms. The van der Waals surface area contributed by atoms with E-state index in [1.54, 1.807) is 313 Å². The number of benzene rings is 19. The molecule has 0 radical (unpaired) electrons. The third-order valence-corrected chi connectivity index (χ3v) is 26.2. The zero-order chi connectivity index (χ0) is 42.3. The van der Waals surface area contributed by atoms with E-state index in [-0.39, 0.29) is 16.9 Å². The molecule has 34 rings (SSSR count). The third kappa shape index (κ3) is 1.40. The van der Waals surface area contributed by atoms with E-state index >= 15 is 0 Å². The molecule has 1 unspecified atom stereocenters. The average Bonchev–Trinajstić information content (AvgIpc) is 4.33. The Kier molecular flexibility index (Phi) is 2.21. The SMILES string of the molecule is CN1CC23c4c5c6c7c8c9c(c%10c%11c2c2c4c4c%12c5c5c6c6c8c8c%13c9c9c%10c%10c%11c%11c2c2c4c4c%12c%12c5c5c6c8c6c8c%13c9c9c%10c%10c%11c2c2c4c4c%12c5c6c5c8c9c%10c2c45)C73C1c1ccc(N)cc1. The fourth-order valence-electron chi connectivity index (χ4n) is 26.2. The molecule has 5 aliphatic rings. The van der Waals surface area contributed by atoms with Crippen molar-refractivity contribution >= 4 is 297 Å². The van der Waals surface area contributed by atoms with E-state index in [2.05, 4.69) is 36.2 Å². The van der Waals surface area contributed by atoms with Gasteiger partial charge in [-0.2, -0.15) is 0 Å². The summed E-state index contributed by atoms with van der Waals surface area (Å²) in [5.74, 6) is 0. The number of likely N-dealkylation sites (tertiary alicyclic amines) is 1. The van der Waals surface area contributed by atoms with Crippen molar-refractivity contribution in [3.05, 3.63) is 52.1 Å². The maximum atomic E-state index is 6.72. The van der Waals surface area contributed by atoms with Crippen molar-refractivity contribution in [1.29, 1.82) is 0 Å². The first kappa shape index (κ1) is 26.4. The first-order chi connectivity index (χ1) is 35.2. The first-order valence-electron chi connectivity index (χ1n) is 26.6. The molecule has 0 saturated carbocycles. The second kappa shape index (κ2) is 5.94. The van der Waals surface area contributed by atoms with Gasteiger partial charge in [0.25, 0.3) is 0 Å². The predicted octanol–water partition coefficient (Wildman–Crippen LogP) is 17.6. The van der Waals surface area contributed by atoms with Crippen LogP contribution in [0.3, 0.4) is 0 Å². The highest BCUT2D eigenvalue weighted by atomic mass is 15.2. The van der Waals surface area contributed by atoms with Crippen molar-refractivity contribution in [2.75, 3.05) is 19.3 Å². The Morgan fingerprint density at radius 2 is 0.465 bits per heavy atom. The van der Waals surface area contributed by atoms with Gasteiger partial charge in [-0.1, -0.05) is 12.1 Å². The molecule has 0 amide bonds. The molecule has 1 aliphatic heterocycles. The van der Waals surface area contributed by atoms with Gasteiger partial charge in [-0.25, -0.2) is 0 Å². The van der Waals surface area contributed by atoms with Crippen LogP contribution in [-0.2, 0) is 10.8 Å². The number of nitrogen functional groups attached to an aromatic ring is 1. The smallest absolute Gasteiger partial charge is 0.0575 e. The zero-order valence-corrected chi connectivity index (χ0v) is 36.6. The van der Waals surface area contributed by atoms with E-state index in [0.717, 1.165) is 12.2 Å². The highest BCUT2D eigenvalue weighted by Gasteiger charge is 2.75. The topological polar surface area (TPSA) is 29.3 Å². The van der Waals surface area contributed by atoms with Crippen LogP contribution in [0.5, 0.6) is 0 Å². The molecule has 0 aromatic heterocycles. The molecule has 4 aliphatic carbocycles. The second-order valence-electron chi connectivity index (χ2n) is 26.4. The maximum Gasteiger partial charge on any atom is 0.0575 e. The minimum absolute atomic E-state index is 0.138. The van der Waals surface area contributed by atoms with Crippen molar-refractivity contribution in [3.8, 4) is 0 Å². The molecule has 2 N–H and O–H groups in total. The van der Waals surface area contributed by atoms with E-state index < -0.39 is 0 Å². The summed E-state index contributed by atoms with van der Waals surface area (Å²) in [5.41, 5.74) is 15.4. The number of likely N-dealkylation sites (N-methyl/N-ethyl adjacent to an activating group) is 1. The molecule has 29 aromatic carbocycles. The molecule has 2 nitrogen and oxygen atoms in total. The lowest BCUT2D eigenvalue weighted by atomic mass is 9.47. The predicted molar refractivity (Wildman–Crippen MR) is 300 cm³/mol. The van der Waals surface area contributed by atoms with Crippen LogP contribution < -0.4 is 5.73 Å². The van der Waals surface area contributed by atoms with Gasteiger partial charge in [-0.05, 0) is 338 Å². The lowest BCUT2D eigenvalue weighted by Gasteiger charge is -2.52. The van der Waals surface area contributed by atoms with Crippen LogP contribution in [0.25, 0.3) is 291 Å². The number of hydrogen-bond acceptors (Lipinski definition) is 2. The number of nitrogens with two attached hydrogens (primary N) is 1. The normalized spacial score (nSPS) is 23.8. The Labute approximate surface area is 387 Å². The summed E-state index contributed by atoms with van der Waals surface area (Å²) in [4.78, 5) is 2.91. The third-order valence-electron chi connectivity index (χ3n) is 26.2. The number of anilines is 1. The van der Waals surface area contributed by atoms with Crippen LogP contribution in [-0.4, -0.2) is 18.5 Å². The molecule has 2 heteroatoms. The summed E-state index contributed by atoms with van der Waals surface area (Å²) in [6, 6.07) is 9.53. The molecular formula is C69H12N2. The molecule has 29 aromatic rings. The minimum atomic E-state index is -0.330. The monoisotopic (exact) mass is 868 g/mol.